The number of aliphatic carboxylic acids is 1. The third kappa shape index (κ3) is 4.40. The molecule has 17 heavy (non-hydrogen) atoms. The van der Waals surface area contributed by atoms with E-state index < -0.39 is 11.5 Å². The number of likely N-dealkylation sites (N-methyl/N-ethyl adjacent to an activating group) is 1. The summed E-state index contributed by atoms with van der Waals surface area (Å²) in [5.74, 6) is 0.158. The number of carbonyl (C=O) groups is 1. The molecule has 96 valence electrons. The average Bonchev–Trinajstić information content (AvgIpc) is 2.81. The van der Waals surface area contributed by atoms with Crippen LogP contribution < -0.4 is 5.32 Å². The van der Waals surface area contributed by atoms with Crippen LogP contribution in [0, 0.1) is 0 Å². The number of carboxylic acids is 1. The summed E-state index contributed by atoms with van der Waals surface area (Å²) >= 11 is 1.66. The predicted octanol–water partition coefficient (Wildman–Crippen LogP) is 1.73. The number of thioether (sulfide) groups is 1. The zero-order valence-electron chi connectivity index (χ0n) is 10.2. The number of H-pyrrole nitrogens is 1. The number of nitrogens with zero attached hydrogens (tertiary/aromatic N) is 1. The summed E-state index contributed by atoms with van der Waals surface area (Å²) in [5, 5.41) is 12.8. The maximum atomic E-state index is 11.0. The van der Waals surface area contributed by atoms with E-state index in [0.717, 1.165) is 23.8 Å². The minimum absolute atomic E-state index is 0.636. The highest BCUT2D eigenvalue weighted by Crippen LogP contribution is 2.18. The number of carboxylic acid groups (broad SMARTS) is 1. The number of rotatable bonds is 8. The lowest BCUT2D eigenvalue weighted by atomic mass is 9.95. The molecule has 0 radical (unpaired) electrons. The molecule has 0 saturated heterocycles. The van der Waals surface area contributed by atoms with Crippen molar-refractivity contribution in [2.45, 2.75) is 36.9 Å². The van der Waals surface area contributed by atoms with Gasteiger partial charge in [0, 0.05) is 18.1 Å². The van der Waals surface area contributed by atoms with Crippen LogP contribution in [-0.2, 0) is 4.79 Å². The molecule has 1 unspecified atom stereocenters. The highest BCUT2D eigenvalue weighted by molar-refractivity contribution is 7.99. The summed E-state index contributed by atoms with van der Waals surface area (Å²) in [7, 11) is 1.69. The molecule has 6 heteroatoms. The monoisotopic (exact) mass is 257 g/mol. The minimum atomic E-state index is -0.810. The molecule has 1 rings (SSSR count). The van der Waals surface area contributed by atoms with Gasteiger partial charge in [0.25, 0.3) is 0 Å². The van der Waals surface area contributed by atoms with E-state index in [2.05, 4.69) is 15.3 Å². The van der Waals surface area contributed by atoms with Crippen LogP contribution >= 0.6 is 11.8 Å². The van der Waals surface area contributed by atoms with Gasteiger partial charge in [0.15, 0.2) is 5.16 Å². The highest BCUT2D eigenvalue weighted by Gasteiger charge is 2.29. The van der Waals surface area contributed by atoms with Gasteiger partial charge in [0.1, 0.15) is 5.54 Å². The standard InChI is InChI=1S/C11H19N3O2S/c1-11(12-2,9(15)16)5-3-4-8-17-10-13-6-7-14-10/h6-7,12H,3-5,8H2,1-2H3,(H,13,14)(H,15,16). The second kappa shape index (κ2) is 6.66. The first-order valence-electron chi connectivity index (χ1n) is 5.63. The largest absolute Gasteiger partial charge is 0.480 e. The van der Waals surface area contributed by atoms with E-state index in [1.807, 2.05) is 0 Å². The Morgan fingerprint density at radius 2 is 2.41 bits per heavy atom. The summed E-state index contributed by atoms with van der Waals surface area (Å²) in [4.78, 5) is 18.1. The molecule has 1 heterocycles. The molecule has 1 atom stereocenters. The Balaban J connectivity index is 2.17. The fourth-order valence-electron chi connectivity index (χ4n) is 1.42. The predicted molar refractivity (Wildman–Crippen MR) is 68.3 cm³/mol. The van der Waals surface area contributed by atoms with Gasteiger partial charge >= 0.3 is 5.97 Å². The molecule has 0 fully saturated rings. The van der Waals surface area contributed by atoms with Gasteiger partial charge in [-0.3, -0.25) is 4.79 Å². The molecule has 3 N–H and O–H groups in total. The topological polar surface area (TPSA) is 78.0 Å². The summed E-state index contributed by atoms with van der Waals surface area (Å²) in [6.07, 6.45) is 6.03. The van der Waals surface area contributed by atoms with Crippen molar-refractivity contribution in [1.29, 1.82) is 0 Å². The molecule has 1 aromatic heterocycles. The van der Waals surface area contributed by atoms with Gasteiger partial charge in [-0.1, -0.05) is 18.2 Å². The van der Waals surface area contributed by atoms with Gasteiger partial charge in [-0.2, -0.15) is 0 Å². The zero-order valence-corrected chi connectivity index (χ0v) is 11.0. The highest BCUT2D eigenvalue weighted by atomic mass is 32.2. The molecule has 0 aliphatic heterocycles. The summed E-state index contributed by atoms with van der Waals surface area (Å²) in [5.41, 5.74) is -0.810. The van der Waals surface area contributed by atoms with Gasteiger partial charge in [0.05, 0.1) is 0 Å². The molecule has 0 aromatic carbocycles. The fourth-order valence-corrected chi connectivity index (χ4v) is 2.25. The Morgan fingerprint density at radius 3 is 2.94 bits per heavy atom. The van der Waals surface area contributed by atoms with E-state index in [-0.39, 0.29) is 0 Å². The van der Waals surface area contributed by atoms with Crippen LogP contribution in [0.15, 0.2) is 17.6 Å². The second-order valence-corrected chi connectivity index (χ2v) is 5.17. The van der Waals surface area contributed by atoms with E-state index >= 15 is 0 Å². The van der Waals surface area contributed by atoms with Crippen LogP contribution in [-0.4, -0.2) is 39.4 Å². The summed E-state index contributed by atoms with van der Waals surface area (Å²) in [6, 6.07) is 0. The van der Waals surface area contributed by atoms with Crippen molar-refractivity contribution >= 4 is 17.7 Å². The first kappa shape index (κ1) is 14.1. The van der Waals surface area contributed by atoms with Crippen LogP contribution in [0.2, 0.25) is 0 Å². The van der Waals surface area contributed by atoms with Crippen LogP contribution in [0.5, 0.6) is 0 Å². The number of hydrogen-bond acceptors (Lipinski definition) is 4. The molecule has 0 spiro atoms. The van der Waals surface area contributed by atoms with Gasteiger partial charge in [-0.15, -0.1) is 0 Å². The Hall–Kier alpha value is -1.01. The van der Waals surface area contributed by atoms with Crippen molar-refractivity contribution in [3.8, 4) is 0 Å². The number of hydrogen-bond donors (Lipinski definition) is 3. The van der Waals surface area contributed by atoms with Crippen molar-refractivity contribution in [3.63, 3.8) is 0 Å². The first-order valence-corrected chi connectivity index (χ1v) is 6.61. The molecule has 0 aliphatic rings. The van der Waals surface area contributed by atoms with Gasteiger partial charge in [-0.05, 0) is 26.8 Å². The van der Waals surface area contributed by atoms with Gasteiger partial charge in [0.2, 0.25) is 0 Å². The van der Waals surface area contributed by atoms with Crippen LogP contribution in [0.25, 0.3) is 0 Å². The Kier molecular flexibility index (Phi) is 5.50. The molecular formula is C11H19N3O2S. The van der Waals surface area contributed by atoms with Crippen molar-refractivity contribution < 1.29 is 9.90 Å². The van der Waals surface area contributed by atoms with Crippen LogP contribution in [0.1, 0.15) is 26.2 Å². The van der Waals surface area contributed by atoms with Crippen molar-refractivity contribution in [2.24, 2.45) is 0 Å². The van der Waals surface area contributed by atoms with E-state index in [1.54, 1.807) is 38.1 Å². The molecule has 0 bridgehead atoms. The normalized spacial score (nSPS) is 14.5. The third-order valence-electron chi connectivity index (χ3n) is 2.81. The molecule has 1 aromatic rings. The maximum Gasteiger partial charge on any atom is 0.323 e. The average molecular weight is 257 g/mol. The van der Waals surface area contributed by atoms with Gasteiger partial charge in [-0.25, -0.2) is 4.98 Å². The Morgan fingerprint density at radius 1 is 1.65 bits per heavy atom. The fraction of sp³-hybridized carbons (Fsp3) is 0.636. The number of aromatic nitrogens is 2. The molecule has 0 amide bonds. The number of imidazole rings is 1. The van der Waals surface area contributed by atoms with Crippen LogP contribution in [0.4, 0.5) is 0 Å². The molecular weight excluding hydrogens is 238 g/mol. The van der Waals surface area contributed by atoms with Gasteiger partial charge < -0.3 is 15.4 Å². The van der Waals surface area contributed by atoms with Crippen molar-refractivity contribution in [1.82, 2.24) is 15.3 Å². The third-order valence-corrected chi connectivity index (χ3v) is 3.80. The summed E-state index contributed by atoms with van der Waals surface area (Å²) in [6.45, 7) is 1.72. The minimum Gasteiger partial charge on any atom is -0.480 e. The molecule has 0 aliphatic carbocycles. The molecule has 0 saturated carbocycles. The number of aromatic amines is 1. The number of unbranched alkanes of at least 4 members (excludes halogenated alkanes) is 1. The van der Waals surface area contributed by atoms with E-state index in [1.165, 1.54) is 0 Å². The quantitative estimate of drug-likeness (QED) is 0.488. The lowest BCUT2D eigenvalue weighted by molar-refractivity contribution is -0.144. The molecule has 5 nitrogen and oxygen atoms in total. The Labute approximate surface area is 105 Å². The van der Waals surface area contributed by atoms with Crippen molar-refractivity contribution in [2.75, 3.05) is 12.8 Å². The Bertz CT molecular complexity index is 342. The van der Waals surface area contributed by atoms with Crippen molar-refractivity contribution in [3.05, 3.63) is 12.4 Å². The lowest BCUT2D eigenvalue weighted by Crippen LogP contribution is -2.47. The van der Waals surface area contributed by atoms with Crippen LogP contribution in [0.3, 0.4) is 0 Å². The second-order valence-electron chi connectivity index (χ2n) is 4.09. The zero-order chi connectivity index (χ0) is 12.7. The smallest absolute Gasteiger partial charge is 0.323 e. The van der Waals surface area contributed by atoms with E-state index in [9.17, 15) is 4.79 Å². The lowest BCUT2D eigenvalue weighted by Gasteiger charge is -2.23. The summed E-state index contributed by atoms with van der Waals surface area (Å²) < 4.78 is 0. The van der Waals surface area contributed by atoms with E-state index in [0.29, 0.717) is 6.42 Å². The number of nitrogens with one attached hydrogen (secondary N) is 2. The maximum absolute atomic E-state index is 11.0. The first-order chi connectivity index (χ1) is 8.08. The SMILES string of the molecule is CNC(C)(CCCCSc1ncc[nH]1)C(=O)O. The van der Waals surface area contributed by atoms with E-state index in [4.69, 9.17) is 5.11 Å².